The summed E-state index contributed by atoms with van der Waals surface area (Å²) < 4.78 is 1.03. The molecule has 1 atom stereocenters. The largest absolute Gasteiger partial charge is 0.325 e. The Morgan fingerprint density at radius 2 is 1.93 bits per heavy atom. The first-order chi connectivity index (χ1) is 13.4. The van der Waals surface area contributed by atoms with Gasteiger partial charge in [0.15, 0.2) is 0 Å². The molecule has 4 rings (SSSR count). The standard InChI is InChI=1S/C21H20BrN3O3/c1-24-20(27)16-8-7-15(11-17(16)21(24)28)23-19(26)12-25-9-3-6-18(25)13-4-2-5-14(22)10-13/h2,4-5,7-8,10-11,18H,3,6,9,12H2,1H3,(H,23,26). The predicted molar refractivity (Wildman–Crippen MR) is 109 cm³/mol. The predicted octanol–water partition coefficient (Wildman–Crippen LogP) is 3.45. The lowest BCUT2D eigenvalue weighted by molar-refractivity contribution is -0.117. The van der Waals surface area contributed by atoms with Gasteiger partial charge in [0, 0.05) is 23.2 Å². The average Bonchev–Trinajstić information content (AvgIpc) is 3.21. The number of likely N-dealkylation sites (tertiary alicyclic amines) is 1. The summed E-state index contributed by atoms with van der Waals surface area (Å²) in [6.45, 7) is 1.15. The molecule has 2 aliphatic rings. The molecule has 2 aromatic carbocycles. The second-order valence-electron chi connectivity index (χ2n) is 7.16. The maximum absolute atomic E-state index is 12.6. The number of anilines is 1. The molecule has 28 heavy (non-hydrogen) atoms. The summed E-state index contributed by atoms with van der Waals surface area (Å²) in [5.41, 5.74) is 2.43. The van der Waals surface area contributed by atoms with Crippen LogP contribution in [0.4, 0.5) is 5.69 Å². The van der Waals surface area contributed by atoms with Gasteiger partial charge in [0.2, 0.25) is 5.91 Å². The van der Waals surface area contributed by atoms with Crippen LogP contribution in [0.15, 0.2) is 46.9 Å². The third kappa shape index (κ3) is 3.47. The van der Waals surface area contributed by atoms with Crippen LogP contribution in [0.25, 0.3) is 0 Å². The topological polar surface area (TPSA) is 69.7 Å². The molecule has 0 spiro atoms. The molecule has 0 aliphatic carbocycles. The van der Waals surface area contributed by atoms with Crippen LogP contribution in [0.1, 0.15) is 45.2 Å². The van der Waals surface area contributed by atoms with Gasteiger partial charge in [-0.3, -0.25) is 24.2 Å². The minimum atomic E-state index is -0.342. The number of carbonyl (C=O) groups is 3. The van der Waals surface area contributed by atoms with Crippen molar-refractivity contribution in [2.45, 2.75) is 18.9 Å². The maximum Gasteiger partial charge on any atom is 0.261 e. The smallest absolute Gasteiger partial charge is 0.261 e. The summed E-state index contributed by atoms with van der Waals surface area (Å²) in [5.74, 6) is -0.788. The number of rotatable bonds is 4. The number of fused-ring (bicyclic) bond motifs is 1. The van der Waals surface area contributed by atoms with Crippen molar-refractivity contribution >= 4 is 39.3 Å². The van der Waals surface area contributed by atoms with Crippen LogP contribution < -0.4 is 5.32 Å². The average molecular weight is 442 g/mol. The second-order valence-corrected chi connectivity index (χ2v) is 8.08. The number of carbonyl (C=O) groups excluding carboxylic acids is 3. The highest BCUT2D eigenvalue weighted by Gasteiger charge is 2.33. The van der Waals surface area contributed by atoms with E-state index in [9.17, 15) is 14.4 Å². The molecule has 0 radical (unpaired) electrons. The van der Waals surface area contributed by atoms with Gasteiger partial charge in [0.1, 0.15) is 0 Å². The Hall–Kier alpha value is -2.51. The van der Waals surface area contributed by atoms with Gasteiger partial charge in [0.05, 0.1) is 17.7 Å². The van der Waals surface area contributed by atoms with Crippen molar-refractivity contribution in [3.05, 3.63) is 63.6 Å². The second kappa shape index (κ2) is 7.48. The van der Waals surface area contributed by atoms with E-state index in [4.69, 9.17) is 0 Å². The number of halogens is 1. The molecular formula is C21H20BrN3O3. The fraction of sp³-hybridized carbons (Fsp3) is 0.286. The van der Waals surface area contributed by atoms with Crippen LogP contribution in [0, 0.1) is 0 Å². The molecule has 3 amide bonds. The molecule has 0 aromatic heterocycles. The summed E-state index contributed by atoms with van der Waals surface area (Å²) in [6, 6.07) is 13.2. The number of nitrogens with one attached hydrogen (secondary N) is 1. The van der Waals surface area contributed by atoms with Crippen molar-refractivity contribution in [1.82, 2.24) is 9.80 Å². The molecule has 1 N–H and O–H groups in total. The lowest BCUT2D eigenvalue weighted by Gasteiger charge is -2.24. The summed E-state index contributed by atoms with van der Waals surface area (Å²) in [6.07, 6.45) is 2.07. The highest BCUT2D eigenvalue weighted by atomic mass is 79.9. The van der Waals surface area contributed by atoms with E-state index in [1.807, 2.05) is 12.1 Å². The zero-order valence-corrected chi connectivity index (χ0v) is 17.0. The number of amides is 3. The zero-order chi connectivity index (χ0) is 19.8. The summed E-state index contributed by atoms with van der Waals surface area (Å²) in [4.78, 5) is 40.0. The van der Waals surface area contributed by atoms with E-state index in [1.54, 1.807) is 18.2 Å². The lowest BCUT2D eigenvalue weighted by atomic mass is 10.0. The number of imide groups is 1. The van der Waals surface area contributed by atoms with E-state index < -0.39 is 0 Å². The first kappa shape index (κ1) is 18.8. The van der Waals surface area contributed by atoms with Crippen molar-refractivity contribution in [3.63, 3.8) is 0 Å². The van der Waals surface area contributed by atoms with Gasteiger partial charge in [0.25, 0.3) is 11.8 Å². The highest BCUT2D eigenvalue weighted by molar-refractivity contribution is 9.10. The normalized spacial score (nSPS) is 19.2. The minimum Gasteiger partial charge on any atom is -0.325 e. The van der Waals surface area contributed by atoms with Crippen LogP contribution in [-0.4, -0.2) is 47.7 Å². The Kier molecular flexibility index (Phi) is 5.03. The molecule has 0 bridgehead atoms. The van der Waals surface area contributed by atoms with Gasteiger partial charge < -0.3 is 5.32 Å². The number of hydrogen-bond acceptors (Lipinski definition) is 4. The van der Waals surface area contributed by atoms with Gasteiger partial charge in [-0.2, -0.15) is 0 Å². The van der Waals surface area contributed by atoms with Crippen molar-refractivity contribution in [1.29, 1.82) is 0 Å². The van der Waals surface area contributed by atoms with Crippen LogP contribution in [0.3, 0.4) is 0 Å². The van der Waals surface area contributed by atoms with E-state index in [0.717, 1.165) is 28.8 Å². The Labute approximate surface area is 171 Å². The minimum absolute atomic E-state index is 0.132. The van der Waals surface area contributed by atoms with E-state index in [-0.39, 0.29) is 30.3 Å². The van der Waals surface area contributed by atoms with Gasteiger partial charge >= 0.3 is 0 Å². The number of nitrogens with zero attached hydrogens (tertiary/aromatic N) is 2. The molecule has 0 saturated carbocycles. The third-order valence-electron chi connectivity index (χ3n) is 5.32. The van der Waals surface area contributed by atoms with E-state index in [1.165, 1.54) is 12.6 Å². The number of hydrogen-bond donors (Lipinski definition) is 1. The molecule has 2 heterocycles. The Morgan fingerprint density at radius 1 is 1.14 bits per heavy atom. The SMILES string of the molecule is CN1C(=O)c2ccc(NC(=O)CN3CCCC3c3cccc(Br)c3)cc2C1=O. The zero-order valence-electron chi connectivity index (χ0n) is 15.4. The van der Waals surface area contributed by atoms with Crippen molar-refractivity contribution in [2.24, 2.45) is 0 Å². The fourth-order valence-electron chi connectivity index (χ4n) is 3.93. The third-order valence-corrected chi connectivity index (χ3v) is 5.81. The molecule has 144 valence electrons. The van der Waals surface area contributed by atoms with Gasteiger partial charge in [-0.05, 0) is 55.3 Å². The van der Waals surface area contributed by atoms with Crippen LogP contribution in [-0.2, 0) is 4.79 Å². The number of benzene rings is 2. The van der Waals surface area contributed by atoms with Crippen LogP contribution in [0.5, 0.6) is 0 Å². The Bertz CT molecular complexity index is 975. The fourth-order valence-corrected chi connectivity index (χ4v) is 4.35. The summed E-state index contributed by atoms with van der Waals surface area (Å²) >= 11 is 3.51. The Morgan fingerprint density at radius 3 is 2.71 bits per heavy atom. The molecule has 6 nitrogen and oxygen atoms in total. The molecule has 7 heteroatoms. The van der Waals surface area contributed by atoms with Crippen LogP contribution in [0.2, 0.25) is 0 Å². The summed E-state index contributed by atoms with van der Waals surface area (Å²) in [7, 11) is 1.46. The van der Waals surface area contributed by atoms with E-state index in [2.05, 4.69) is 38.3 Å². The first-order valence-corrected chi connectivity index (χ1v) is 9.99. The van der Waals surface area contributed by atoms with E-state index in [0.29, 0.717) is 16.8 Å². The van der Waals surface area contributed by atoms with Crippen molar-refractivity contribution in [3.8, 4) is 0 Å². The lowest BCUT2D eigenvalue weighted by Crippen LogP contribution is -2.33. The van der Waals surface area contributed by atoms with Gasteiger partial charge in [-0.1, -0.05) is 28.1 Å². The molecular weight excluding hydrogens is 422 g/mol. The first-order valence-electron chi connectivity index (χ1n) is 9.20. The van der Waals surface area contributed by atoms with Gasteiger partial charge in [-0.15, -0.1) is 0 Å². The quantitative estimate of drug-likeness (QED) is 0.737. The van der Waals surface area contributed by atoms with Gasteiger partial charge in [-0.25, -0.2) is 0 Å². The summed E-state index contributed by atoms with van der Waals surface area (Å²) in [5, 5.41) is 2.86. The van der Waals surface area contributed by atoms with Crippen molar-refractivity contribution in [2.75, 3.05) is 25.5 Å². The monoisotopic (exact) mass is 441 g/mol. The molecule has 2 aliphatic heterocycles. The highest BCUT2D eigenvalue weighted by Crippen LogP contribution is 2.33. The van der Waals surface area contributed by atoms with Crippen molar-refractivity contribution < 1.29 is 14.4 Å². The van der Waals surface area contributed by atoms with E-state index >= 15 is 0 Å². The van der Waals surface area contributed by atoms with Crippen LogP contribution >= 0.6 is 15.9 Å². The Balaban J connectivity index is 1.45. The molecule has 2 aromatic rings. The molecule has 1 unspecified atom stereocenters. The molecule has 1 fully saturated rings. The molecule has 1 saturated heterocycles. The maximum atomic E-state index is 12.6.